The Kier molecular flexibility index (Phi) is 6.30. The average Bonchev–Trinajstić information content (AvgIpc) is 3.40. The second-order valence-electron chi connectivity index (χ2n) is 8.14. The van der Waals surface area contributed by atoms with Crippen LogP contribution in [-0.2, 0) is 13.0 Å². The van der Waals surface area contributed by atoms with E-state index in [1.165, 1.54) is 6.07 Å². The molecule has 2 aromatic carbocycles. The molecule has 1 N–H and O–H groups in total. The maximum atomic E-state index is 13.4. The van der Waals surface area contributed by atoms with Crippen LogP contribution in [0, 0.1) is 24.5 Å². The van der Waals surface area contributed by atoms with Gasteiger partial charge in [-0.3, -0.25) is 4.79 Å². The van der Waals surface area contributed by atoms with Crippen molar-refractivity contribution in [3.05, 3.63) is 82.9 Å². The van der Waals surface area contributed by atoms with Gasteiger partial charge in [0.25, 0.3) is 11.8 Å². The Hall–Kier alpha value is -3.88. The molecule has 33 heavy (non-hydrogen) atoms. The molecular formula is C24H23F2N5O2. The quantitative estimate of drug-likeness (QED) is 0.443. The van der Waals surface area contributed by atoms with Crippen molar-refractivity contribution in [3.63, 3.8) is 0 Å². The highest BCUT2D eigenvalue weighted by atomic mass is 19.2. The smallest absolute Gasteiger partial charge is 0.268 e. The number of halogens is 2. The van der Waals surface area contributed by atoms with Gasteiger partial charge in [0.15, 0.2) is 11.6 Å². The Balaban J connectivity index is 1.59. The summed E-state index contributed by atoms with van der Waals surface area (Å²) >= 11 is 0. The lowest BCUT2D eigenvalue weighted by Crippen LogP contribution is -2.23. The summed E-state index contributed by atoms with van der Waals surface area (Å²) in [4.78, 5) is 12.7. The zero-order chi connectivity index (χ0) is 23.5. The molecule has 170 valence electrons. The van der Waals surface area contributed by atoms with E-state index < -0.39 is 11.6 Å². The molecule has 0 aliphatic rings. The van der Waals surface area contributed by atoms with Crippen molar-refractivity contribution in [2.24, 2.45) is 5.92 Å². The van der Waals surface area contributed by atoms with Crippen LogP contribution in [0.15, 0.2) is 52.9 Å². The van der Waals surface area contributed by atoms with Gasteiger partial charge in [0.2, 0.25) is 5.89 Å². The lowest BCUT2D eigenvalue weighted by molar-refractivity contribution is 0.0951. The van der Waals surface area contributed by atoms with Gasteiger partial charge in [-0.25, -0.2) is 13.5 Å². The molecule has 0 unspecified atom stereocenters. The summed E-state index contributed by atoms with van der Waals surface area (Å²) in [5, 5.41) is 15.3. The number of carbonyl (C=O) groups is 1. The summed E-state index contributed by atoms with van der Waals surface area (Å²) in [6, 6.07) is 12.5. The third kappa shape index (κ3) is 5.14. The van der Waals surface area contributed by atoms with E-state index in [1.54, 1.807) is 29.8 Å². The molecule has 0 bridgehead atoms. The molecule has 0 aliphatic carbocycles. The highest BCUT2D eigenvalue weighted by Crippen LogP contribution is 2.23. The lowest BCUT2D eigenvalue weighted by atomic mass is 10.1. The SMILES string of the molecule is Cc1nnc(-c2cc(CC(C)C)n(-c3cccc(C(=O)NCc4ccc(F)c(F)c4)c3)n2)o1. The zero-order valence-electron chi connectivity index (χ0n) is 18.5. The van der Waals surface area contributed by atoms with Gasteiger partial charge in [-0.15, -0.1) is 10.2 Å². The van der Waals surface area contributed by atoms with Gasteiger partial charge in [-0.2, -0.15) is 5.10 Å². The molecule has 0 saturated heterocycles. The molecule has 2 aromatic heterocycles. The largest absolute Gasteiger partial charge is 0.420 e. The predicted octanol–water partition coefficient (Wildman–Crippen LogP) is 4.64. The number of benzene rings is 2. The van der Waals surface area contributed by atoms with Crippen molar-refractivity contribution in [1.82, 2.24) is 25.3 Å². The number of aromatic nitrogens is 4. The summed E-state index contributed by atoms with van der Waals surface area (Å²) in [7, 11) is 0. The van der Waals surface area contributed by atoms with Crippen LogP contribution in [0.5, 0.6) is 0 Å². The van der Waals surface area contributed by atoms with Crippen molar-refractivity contribution in [2.75, 3.05) is 0 Å². The van der Waals surface area contributed by atoms with Crippen LogP contribution in [0.1, 0.15) is 41.4 Å². The first kappa shape index (κ1) is 22.3. The number of nitrogens with one attached hydrogen (secondary N) is 1. The van der Waals surface area contributed by atoms with Crippen LogP contribution >= 0.6 is 0 Å². The van der Waals surface area contributed by atoms with Crippen LogP contribution in [0.2, 0.25) is 0 Å². The van der Waals surface area contributed by atoms with Crippen LogP contribution in [0.4, 0.5) is 8.78 Å². The van der Waals surface area contributed by atoms with E-state index >= 15 is 0 Å². The molecule has 9 heteroatoms. The van der Waals surface area contributed by atoms with Gasteiger partial charge in [0, 0.05) is 24.7 Å². The third-order valence-corrected chi connectivity index (χ3v) is 4.94. The Labute approximate surface area is 189 Å². The first-order valence-electron chi connectivity index (χ1n) is 10.5. The molecule has 0 fully saturated rings. The van der Waals surface area contributed by atoms with E-state index in [0.717, 1.165) is 24.2 Å². The van der Waals surface area contributed by atoms with Gasteiger partial charge >= 0.3 is 0 Å². The summed E-state index contributed by atoms with van der Waals surface area (Å²) in [6.45, 7) is 6.00. The molecule has 2 heterocycles. The molecule has 4 rings (SSSR count). The Morgan fingerprint density at radius 1 is 1.09 bits per heavy atom. The minimum atomic E-state index is -0.952. The zero-order valence-corrected chi connectivity index (χ0v) is 18.5. The maximum absolute atomic E-state index is 13.4. The number of rotatable bonds is 7. The van der Waals surface area contributed by atoms with Gasteiger partial charge in [0.1, 0.15) is 5.69 Å². The van der Waals surface area contributed by atoms with Gasteiger partial charge < -0.3 is 9.73 Å². The van der Waals surface area contributed by atoms with Crippen molar-refractivity contribution in [1.29, 1.82) is 0 Å². The van der Waals surface area contributed by atoms with Gasteiger partial charge in [0.05, 0.1) is 5.69 Å². The van der Waals surface area contributed by atoms with E-state index in [0.29, 0.717) is 40.2 Å². The fourth-order valence-corrected chi connectivity index (χ4v) is 3.42. The van der Waals surface area contributed by atoms with Crippen LogP contribution in [0.3, 0.4) is 0 Å². The molecule has 7 nitrogen and oxygen atoms in total. The minimum Gasteiger partial charge on any atom is -0.420 e. The molecule has 4 aromatic rings. The number of carbonyl (C=O) groups excluding carboxylic acids is 1. The predicted molar refractivity (Wildman–Crippen MR) is 118 cm³/mol. The van der Waals surface area contributed by atoms with Crippen molar-refractivity contribution in [2.45, 2.75) is 33.7 Å². The maximum Gasteiger partial charge on any atom is 0.268 e. The Morgan fingerprint density at radius 2 is 1.91 bits per heavy atom. The van der Waals surface area contributed by atoms with E-state index in [4.69, 9.17) is 4.42 Å². The van der Waals surface area contributed by atoms with Gasteiger partial charge in [-0.05, 0) is 54.3 Å². The van der Waals surface area contributed by atoms with E-state index in [-0.39, 0.29) is 12.5 Å². The second kappa shape index (κ2) is 9.32. The monoisotopic (exact) mass is 451 g/mol. The summed E-state index contributed by atoms with van der Waals surface area (Å²) < 4.78 is 33.8. The van der Waals surface area contributed by atoms with E-state index in [1.807, 2.05) is 12.1 Å². The highest BCUT2D eigenvalue weighted by molar-refractivity contribution is 5.94. The van der Waals surface area contributed by atoms with Crippen LogP contribution in [-0.4, -0.2) is 25.9 Å². The first-order valence-corrected chi connectivity index (χ1v) is 10.5. The fraction of sp³-hybridized carbons (Fsp3) is 0.250. The van der Waals surface area contributed by atoms with Crippen LogP contribution in [0.25, 0.3) is 17.3 Å². The molecule has 0 atom stereocenters. The summed E-state index contributed by atoms with van der Waals surface area (Å²) in [5.41, 5.74) is 3.07. The van der Waals surface area contributed by atoms with Crippen molar-refractivity contribution >= 4 is 5.91 Å². The second-order valence-corrected chi connectivity index (χ2v) is 8.14. The molecule has 0 spiro atoms. The van der Waals surface area contributed by atoms with Crippen LogP contribution < -0.4 is 5.32 Å². The Morgan fingerprint density at radius 3 is 2.61 bits per heavy atom. The van der Waals surface area contributed by atoms with Gasteiger partial charge in [-0.1, -0.05) is 26.0 Å². The summed E-state index contributed by atoms with van der Waals surface area (Å²) in [6.07, 6.45) is 0.757. The highest BCUT2D eigenvalue weighted by Gasteiger charge is 2.17. The number of hydrogen-bond acceptors (Lipinski definition) is 5. The standard InChI is InChI=1S/C24H23F2N5O2/c1-14(2)9-19-12-22(24-29-28-15(3)33-24)30-31(19)18-6-4-5-17(11-18)23(32)27-13-16-7-8-20(25)21(26)10-16/h4-8,10-12,14H,9,13H2,1-3H3,(H,27,32). The van der Waals surface area contributed by atoms with E-state index in [2.05, 4.69) is 34.5 Å². The molecule has 0 radical (unpaired) electrons. The number of aryl methyl sites for hydroxylation is 1. The summed E-state index contributed by atoms with van der Waals surface area (Å²) in [5.74, 6) is -1.06. The number of nitrogens with zero attached hydrogens (tertiary/aromatic N) is 4. The normalized spacial score (nSPS) is 11.2. The topological polar surface area (TPSA) is 85.8 Å². The Bertz CT molecular complexity index is 1300. The van der Waals surface area contributed by atoms with Crippen molar-refractivity contribution in [3.8, 4) is 17.3 Å². The molecule has 0 aliphatic heterocycles. The minimum absolute atomic E-state index is 0.0707. The molecule has 0 saturated carbocycles. The number of hydrogen-bond donors (Lipinski definition) is 1. The van der Waals surface area contributed by atoms with Crippen molar-refractivity contribution < 1.29 is 18.0 Å². The molecule has 1 amide bonds. The van der Waals surface area contributed by atoms with E-state index in [9.17, 15) is 13.6 Å². The third-order valence-electron chi connectivity index (χ3n) is 4.94. The average molecular weight is 451 g/mol. The molecular weight excluding hydrogens is 428 g/mol. The lowest BCUT2D eigenvalue weighted by Gasteiger charge is -2.11. The fourth-order valence-electron chi connectivity index (χ4n) is 3.42. The first-order chi connectivity index (χ1) is 15.8. The number of amides is 1.